The van der Waals surface area contributed by atoms with Crippen LogP contribution in [0.2, 0.25) is 0 Å². The fraction of sp³-hybridized carbons (Fsp3) is 0.0370. The van der Waals surface area contributed by atoms with Gasteiger partial charge in [0.1, 0.15) is 0 Å². The van der Waals surface area contributed by atoms with E-state index in [1.165, 1.54) is 38.3 Å². The third kappa shape index (κ3) is 3.93. The number of aliphatic hydroxyl groups is 1. The fourth-order valence-corrected chi connectivity index (χ4v) is 4.42. The number of nitrogens with zero attached hydrogens (tertiary/aromatic N) is 2. The Labute approximate surface area is 206 Å². The first-order chi connectivity index (χ1) is 16.0. The summed E-state index contributed by atoms with van der Waals surface area (Å²) in [5, 5.41) is 13.6. The molecule has 0 unspecified atom stereocenters. The summed E-state index contributed by atoms with van der Waals surface area (Å²) in [6, 6.07) is 23.3. The van der Waals surface area contributed by atoms with E-state index >= 15 is 0 Å². The number of hydrogen-bond donors (Lipinski definition) is 1. The Kier molecular flexibility index (Phi) is 6.42. The molecule has 171 valence electrons. The van der Waals surface area contributed by atoms with Crippen LogP contribution in [0.1, 0.15) is 5.56 Å². The van der Waals surface area contributed by atoms with Gasteiger partial charge in [-0.25, -0.2) is 0 Å². The molecule has 0 fully saturated rings. The molecule has 4 aromatic carbocycles. The van der Waals surface area contributed by atoms with Crippen molar-refractivity contribution in [2.45, 2.75) is 6.92 Å². The van der Waals surface area contributed by atoms with Crippen molar-refractivity contribution in [3.05, 3.63) is 96.6 Å². The van der Waals surface area contributed by atoms with E-state index in [9.17, 15) is 8.78 Å². The molecule has 1 radical (unpaired) electrons. The molecule has 2 aromatic heterocycles. The Morgan fingerprint density at radius 2 is 1.71 bits per heavy atom. The van der Waals surface area contributed by atoms with Crippen molar-refractivity contribution < 1.29 is 38.8 Å². The van der Waals surface area contributed by atoms with E-state index in [-0.39, 0.29) is 26.2 Å². The number of aromatic nitrogens is 2. The van der Waals surface area contributed by atoms with Crippen LogP contribution in [0.25, 0.3) is 49.2 Å². The number of pyridine rings is 1. The minimum Gasteiger partial charge on any atom is -0.486 e. The molecule has 4 nitrogen and oxygen atoms in total. The van der Waals surface area contributed by atoms with Gasteiger partial charge in [0, 0.05) is 37.5 Å². The summed E-state index contributed by atoms with van der Waals surface area (Å²) >= 11 is 0. The van der Waals surface area contributed by atoms with Crippen molar-refractivity contribution >= 4 is 49.5 Å². The van der Waals surface area contributed by atoms with Crippen LogP contribution in [0, 0.1) is 13.0 Å². The van der Waals surface area contributed by atoms with Gasteiger partial charge in [-0.3, -0.25) is 4.79 Å². The van der Waals surface area contributed by atoms with Crippen LogP contribution < -0.4 is 0 Å². The Balaban J connectivity index is 0.000000303. The van der Waals surface area contributed by atoms with E-state index in [1.807, 2.05) is 12.3 Å². The van der Waals surface area contributed by atoms with Gasteiger partial charge in [-0.2, -0.15) is 8.78 Å². The van der Waals surface area contributed by atoms with E-state index in [1.54, 1.807) is 0 Å². The SMILES string of the molecule is Cc1[c-]c2c3ncccc3c3cccc4c3c2c(c1)n4-c1ccccc1.O=C(F)/C=C(\O)F.[Ir]. The predicted molar refractivity (Wildman–Crippen MR) is 126 cm³/mol. The smallest absolute Gasteiger partial charge is 0.331 e. The molecule has 0 atom stereocenters. The minimum atomic E-state index is -2.00. The maximum absolute atomic E-state index is 10.9. The van der Waals surface area contributed by atoms with Crippen molar-refractivity contribution in [1.82, 2.24) is 9.55 Å². The molecule has 0 saturated heterocycles. The van der Waals surface area contributed by atoms with E-state index in [0.717, 1.165) is 16.5 Å². The standard InChI is InChI=1S/C24H15N2.C3H2F2O2.Ir/c1-15-13-19-23-21(14-15)26(16-7-3-2-4-8-16)20-11-5-9-17(22(20)23)18-10-6-12-25-24(18)19;4-2(6)1-3(5)7;/h2-12,14H,1H3;1,6H;/q-1;;/b;2-1-;. The van der Waals surface area contributed by atoms with Crippen LogP contribution in [0.5, 0.6) is 0 Å². The van der Waals surface area contributed by atoms with E-state index in [0.29, 0.717) is 0 Å². The molecule has 2 heterocycles. The number of carbonyl (C=O) groups is 1. The Morgan fingerprint density at radius 1 is 0.971 bits per heavy atom. The molecular formula is C27H17F2IrN2O2-. The summed E-state index contributed by atoms with van der Waals surface area (Å²) in [5.74, 6) is 0. The summed E-state index contributed by atoms with van der Waals surface area (Å²) in [6.45, 7) is 2.11. The van der Waals surface area contributed by atoms with Crippen LogP contribution in [-0.2, 0) is 24.9 Å². The number of carbonyl (C=O) groups excluding carboxylic acids is 1. The third-order valence-corrected chi connectivity index (χ3v) is 5.54. The first-order valence-electron chi connectivity index (χ1n) is 10.2. The Morgan fingerprint density at radius 3 is 2.38 bits per heavy atom. The van der Waals surface area contributed by atoms with Gasteiger partial charge in [0.2, 0.25) is 0 Å². The van der Waals surface area contributed by atoms with Gasteiger partial charge in [0.25, 0.3) is 6.01 Å². The molecule has 7 heteroatoms. The average Bonchev–Trinajstić information content (AvgIpc) is 3.12. The molecule has 0 saturated carbocycles. The first-order valence-corrected chi connectivity index (χ1v) is 10.2. The number of hydrogen-bond acceptors (Lipinski definition) is 3. The van der Waals surface area contributed by atoms with Crippen molar-refractivity contribution in [1.29, 1.82) is 0 Å². The van der Waals surface area contributed by atoms with Gasteiger partial charge >= 0.3 is 6.04 Å². The number of rotatable bonds is 2. The number of benzene rings is 4. The maximum Gasteiger partial charge on any atom is 0.331 e. The summed E-state index contributed by atoms with van der Waals surface area (Å²) in [6.07, 6.45) is 1.71. The van der Waals surface area contributed by atoms with E-state index < -0.39 is 12.0 Å². The molecule has 0 bridgehead atoms. The molecule has 0 spiro atoms. The quantitative estimate of drug-likeness (QED) is 0.0746. The maximum atomic E-state index is 10.9. The molecule has 6 rings (SSSR count). The van der Waals surface area contributed by atoms with Crippen molar-refractivity contribution in [3.8, 4) is 5.69 Å². The fourth-order valence-electron chi connectivity index (χ4n) is 4.42. The molecule has 0 aliphatic rings. The topological polar surface area (TPSA) is 55.1 Å². The van der Waals surface area contributed by atoms with Gasteiger partial charge in [-0.1, -0.05) is 48.7 Å². The summed E-state index contributed by atoms with van der Waals surface area (Å²) in [4.78, 5) is 13.8. The molecule has 0 aliphatic heterocycles. The minimum absolute atomic E-state index is 0. The molecule has 6 aromatic rings. The zero-order chi connectivity index (χ0) is 23.1. The molecule has 34 heavy (non-hydrogen) atoms. The Bertz CT molecular complexity index is 1670. The summed E-state index contributed by atoms with van der Waals surface area (Å²) < 4.78 is 24.1. The zero-order valence-corrected chi connectivity index (χ0v) is 20.2. The second-order valence-corrected chi connectivity index (χ2v) is 7.63. The van der Waals surface area contributed by atoms with Gasteiger partial charge in [-0.05, 0) is 51.5 Å². The number of allylic oxidation sites excluding steroid dienone is 1. The van der Waals surface area contributed by atoms with Gasteiger partial charge in [0.05, 0.1) is 6.08 Å². The molecule has 0 aliphatic carbocycles. The van der Waals surface area contributed by atoms with Gasteiger partial charge in [-0.15, -0.1) is 23.1 Å². The number of para-hydroxylation sites is 1. The van der Waals surface area contributed by atoms with Crippen LogP contribution in [0.15, 0.2) is 85.0 Å². The van der Waals surface area contributed by atoms with E-state index in [4.69, 9.17) is 14.9 Å². The monoisotopic (exact) mass is 632 g/mol. The van der Waals surface area contributed by atoms with Crippen molar-refractivity contribution in [3.63, 3.8) is 0 Å². The van der Waals surface area contributed by atoms with Crippen molar-refractivity contribution in [2.24, 2.45) is 0 Å². The molecule has 0 amide bonds. The third-order valence-electron chi connectivity index (χ3n) is 5.54. The number of halogens is 2. The van der Waals surface area contributed by atoms with Crippen LogP contribution in [0.3, 0.4) is 0 Å². The largest absolute Gasteiger partial charge is 0.486 e. The normalized spacial score (nSPS) is 11.6. The van der Waals surface area contributed by atoms with Crippen LogP contribution in [0.4, 0.5) is 8.78 Å². The number of aryl methyl sites for hydroxylation is 1. The number of aliphatic hydroxyl groups excluding tert-OH is 1. The van der Waals surface area contributed by atoms with Crippen molar-refractivity contribution in [2.75, 3.05) is 0 Å². The average molecular weight is 632 g/mol. The second-order valence-electron chi connectivity index (χ2n) is 7.63. The number of fused-ring (bicyclic) bond motifs is 3. The predicted octanol–water partition coefficient (Wildman–Crippen LogP) is 6.88. The summed E-state index contributed by atoms with van der Waals surface area (Å²) in [5.41, 5.74) is 5.80. The zero-order valence-electron chi connectivity index (χ0n) is 17.8. The van der Waals surface area contributed by atoms with Crippen LogP contribution in [-0.4, -0.2) is 20.7 Å². The van der Waals surface area contributed by atoms with Gasteiger partial charge < -0.3 is 14.7 Å². The van der Waals surface area contributed by atoms with E-state index in [2.05, 4.69) is 78.2 Å². The first kappa shape index (κ1) is 23.5. The van der Waals surface area contributed by atoms with Gasteiger partial charge in [0.15, 0.2) is 0 Å². The second kappa shape index (κ2) is 9.29. The Hall–Kier alpha value is -3.67. The molecule has 1 N–H and O–H groups in total. The molecular weight excluding hydrogens is 615 g/mol. The van der Waals surface area contributed by atoms with Crippen LogP contribution >= 0.6 is 0 Å². The summed E-state index contributed by atoms with van der Waals surface area (Å²) in [7, 11) is 0.